The van der Waals surface area contributed by atoms with Crippen molar-refractivity contribution in [2.75, 3.05) is 6.61 Å². The highest BCUT2D eigenvalue weighted by Gasteiger charge is 2.29. The van der Waals surface area contributed by atoms with E-state index in [1.54, 1.807) is 0 Å². The second-order valence-corrected chi connectivity index (χ2v) is 7.90. The molecular formula is C25H21N3O2S. The lowest BCUT2D eigenvalue weighted by atomic mass is 9.98. The number of thiocarbonyl (C=S) groups is 1. The van der Waals surface area contributed by atoms with Crippen LogP contribution in [0.4, 0.5) is 4.79 Å². The number of hydrogen-bond donors (Lipinski definition) is 3. The summed E-state index contributed by atoms with van der Waals surface area (Å²) in [5, 5.41) is 7.04. The highest BCUT2D eigenvalue weighted by Crippen LogP contribution is 2.44. The lowest BCUT2D eigenvalue weighted by Crippen LogP contribution is -2.39. The molecule has 6 heteroatoms. The fourth-order valence-corrected chi connectivity index (χ4v) is 4.38. The van der Waals surface area contributed by atoms with Crippen molar-refractivity contribution >= 4 is 34.3 Å². The molecule has 0 saturated carbocycles. The minimum atomic E-state index is -0.557. The van der Waals surface area contributed by atoms with Gasteiger partial charge in [-0.3, -0.25) is 5.32 Å². The molecule has 0 radical (unpaired) electrons. The zero-order valence-electron chi connectivity index (χ0n) is 16.7. The van der Waals surface area contributed by atoms with Crippen molar-refractivity contribution in [3.8, 4) is 11.1 Å². The average Bonchev–Trinajstić information content (AvgIpc) is 3.35. The summed E-state index contributed by atoms with van der Waals surface area (Å²) in [4.78, 5) is 15.6. The molecule has 0 bridgehead atoms. The monoisotopic (exact) mass is 427 g/mol. The molecule has 0 fully saturated rings. The van der Waals surface area contributed by atoms with Crippen molar-refractivity contribution in [3.05, 3.63) is 95.7 Å². The molecule has 1 aromatic heterocycles. The lowest BCUT2D eigenvalue weighted by Gasteiger charge is -2.15. The maximum Gasteiger partial charge on any atom is 0.413 e. The van der Waals surface area contributed by atoms with E-state index in [-0.39, 0.29) is 17.6 Å². The maximum absolute atomic E-state index is 12.3. The Labute approximate surface area is 185 Å². The van der Waals surface area contributed by atoms with Crippen LogP contribution in [0.5, 0.6) is 0 Å². The molecule has 3 aromatic carbocycles. The van der Waals surface area contributed by atoms with Crippen molar-refractivity contribution in [3.63, 3.8) is 0 Å². The Morgan fingerprint density at radius 2 is 1.58 bits per heavy atom. The maximum atomic E-state index is 12.3. The van der Waals surface area contributed by atoms with Crippen LogP contribution in [0, 0.1) is 0 Å². The largest absolute Gasteiger partial charge is 0.448 e. The van der Waals surface area contributed by atoms with Crippen LogP contribution >= 0.6 is 12.2 Å². The van der Waals surface area contributed by atoms with E-state index in [4.69, 9.17) is 17.0 Å². The Morgan fingerprint density at radius 1 is 0.935 bits per heavy atom. The van der Waals surface area contributed by atoms with Crippen LogP contribution in [0.15, 0.2) is 79.0 Å². The summed E-state index contributed by atoms with van der Waals surface area (Å²) in [5.74, 6) is 0.0194. The molecule has 0 saturated heterocycles. The topological polar surface area (TPSA) is 66.2 Å². The number of H-pyrrole nitrogens is 1. The van der Waals surface area contributed by atoms with Gasteiger partial charge in [0.15, 0.2) is 5.11 Å². The summed E-state index contributed by atoms with van der Waals surface area (Å²) in [6.45, 7) is 0.761. The molecule has 3 N–H and O–H groups in total. The minimum absolute atomic E-state index is 0.0194. The number of fused-ring (bicyclic) bond motifs is 4. The fourth-order valence-electron chi connectivity index (χ4n) is 4.22. The number of para-hydroxylation sites is 1. The molecule has 1 heterocycles. The first kappa shape index (κ1) is 19.3. The van der Waals surface area contributed by atoms with Crippen LogP contribution in [0.25, 0.3) is 22.0 Å². The van der Waals surface area contributed by atoms with E-state index in [0.29, 0.717) is 6.54 Å². The molecule has 1 aliphatic carbocycles. The fraction of sp³-hybridized carbons (Fsp3) is 0.120. The molecule has 154 valence electrons. The Balaban J connectivity index is 1.18. The number of carbonyl (C=O) groups is 1. The number of alkyl carbamates (subject to hydrolysis) is 1. The highest BCUT2D eigenvalue weighted by molar-refractivity contribution is 7.80. The Morgan fingerprint density at radius 3 is 2.32 bits per heavy atom. The van der Waals surface area contributed by atoms with Gasteiger partial charge in [0.1, 0.15) is 6.61 Å². The molecule has 5 nitrogen and oxygen atoms in total. The first-order chi connectivity index (χ1) is 15.2. The molecule has 5 rings (SSSR count). The van der Waals surface area contributed by atoms with Crippen molar-refractivity contribution in [1.29, 1.82) is 0 Å². The van der Waals surface area contributed by atoms with Crippen LogP contribution in [0.2, 0.25) is 0 Å². The van der Waals surface area contributed by atoms with Gasteiger partial charge in [-0.2, -0.15) is 0 Å². The summed E-state index contributed by atoms with van der Waals surface area (Å²) in [5.41, 5.74) is 6.89. The van der Waals surface area contributed by atoms with Crippen molar-refractivity contribution < 1.29 is 9.53 Å². The molecule has 1 aliphatic rings. The normalized spacial score (nSPS) is 12.3. The first-order valence-electron chi connectivity index (χ1n) is 10.2. The Bertz CT molecular complexity index is 1240. The Hall–Kier alpha value is -3.64. The van der Waals surface area contributed by atoms with Crippen LogP contribution in [0.1, 0.15) is 22.6 Å². The second-order valence-electron chi connectivity index (χ2n) is 7.49. The van der Waals surface area contributed by atoms with Crippen LogP contribution in [-0.4, -0.2) is 22.8 Å². The smallest absolute Gasteiger partial charge is 0.413 e. The summed E-state index contributed by atoms with van der Waals surface area (Å²) < 4.78 is 5.53. The number of nitrogens with one attached hydrogen (secondary N) is 3. The van der Waals surface area contributed by atoms with E-state index < -0.39 is 6.09 Å². The number of ether oxygens (including phenoxy) is 1. The number of amides is 1. The van der Waals surface area contributed by atoms with E-state index >= 15 is 0 Å². The van der Waals surface area contributed by atoms with Gasteiger partial charge >= 0.3 is 6.09 Å². The molecule has 1 amide bonds. The quantitative estimate of drug-likeness (QED) is 0.397. The average molecular weight is 428 g/mol. The predicted octanol–water partition coefficient (Wildman–Crippen LogP) is 5.08. The first-order valence-corrected chi connectivity index (χ1v) is 10.6. The van der Waals surface area contributed by atoms with Gasteiger partial charge in [-0.05, 0) is 46.1 Å². The zero-order chi connectivity index (χ0) is 21.2. The number of benzene rings is 3. The van der Waals surface area contributed by atoms with Gasteiger partial charge in [0.2, 0.25) is 0 Å². The third-order valence-corrected chi connectivity index (χ3v) is 5.92. The van der Waals surface area contributed by atoms with E-state index in [0.717, 1.165) is 16.5 Å². The van der Waals surface area contributed by atoms with E-state index in [1.807, 2.05) is 54.7 Å². The number of hydrogen-bond acceptors (Lipinski definition) is 3. The highest BCUT2D eigenvalue weighted by atomic mass is 32.1. The van der Waals surface area contributed by atoms with Crippen molar-refractivity contribution in [2.45, 2.75) is 12.5 Å². The number of rotatable bonds is 4. The molecule has 0 spiro atoms. The number of aromatic amines is 1. The van der Waals surface area contributed by atoms with Gasteiger partial charge in [0, 0.05) is 29.6 Å². The van der Waals surface area contributed by atoms with Gasteiger partial charge < -0.3 is 15.0 Å². The molecular weight excluding hydrogens is 406 g/mol. The second kappa shape index (κ2) is 8.24. The third kappa shape index (κ3) is 3.78. The third-order valence-electron chi connectivity index (χ3n) is 5.67. The Kier molecular flexibility index (Phi) is 5.14. The van der Waals surface area contributed by atoms with Gasteiger partial charge in [0.05, 0.1) is 0 Å². The summed E-state index contributed by atoms with van der Waals surface area (Å²) in [7, 11) is 0. The molecule has 0 aliphatic heterocycles. The van der Waals surface area contributed by atoms with E-state index in [9.17, 15) is 4.79 Å². The summed E-state index contributed by atoms with van der Waals surface area (Å²) in [6.07, 6.45) is 1.38. The van der Waals surface area contributed by atoms with Gasteiger partial charge in [-0.1, -0.05) is 66.7 Å². The van der Waals surface area contributed by atoms with Gasteiger partial charge in [-0.25, -0.2) is 4.79 Å². The molecule has 4 aromatic rings. The molecule has 0 atom stereocenters. The van der Waals surface area contributed by atoms with Gasteiger partial charge in [0.25, 0.3) is 0 Å². The lowest BCUT2D eigenvalue weighted by molar-refractivity contribution is 0.148. The molecule has 31 heavy (non-hydrogen) atoms. The number of aromatic nitrogens is 1. The standard InChI is InChI=1S/C25H21N3O2S/c29-25(28-24(31)27-14-16-13-26-23-12-6-5-7-17(16)23)30-15-22-20-10-3-1-8-18(20)19-9-2-4-11-21(19)22/h1-13,22,26H,14-15H2,(H2,27,28,29,31). The van der Waals surface area contributed by atoms with E-state index in [1.165, 1.54) is 22.3 Å². The van der Waals surface area contributed by atoms with Gasteiger partial charge in [-0.15, -0.1) is 0 Å². The van der Waals surface area contributed by atoms with Crippen molar-refractivity contribution in [2.24, 2.45) is 0 Å². The zero-order valence-corrected chi connectivity index (χ0v) is 17.5. The van der Waals surface area contributed by atoms with E-state index in [2.05, 4.69) is 39.9 Å². The predicted molar refractivity (Wildman–Crippen MR) is 126 cm³/mol. The minimum Gasteiger partial charge on any atom is -0.448 e. The van der Waals surface area contributed by atoms with Crippen molar-refractivity contribution in [1.82, 2.24) is 15.6 Å². The van der Waals surface area contributed by atoms with Crippen LogP contribution in [-0.2, 0) is 11.3 Å². The SMILES string of the molecule is O=C(NC(=S)NCc1c[nH]c2ccccc12)OCC1c2ccccc2-c2ccccc21. The van der Waals surface area contributed by atoms with Crippen LogP contribution < -0.4 is 10.6 Å². The summed E-state index contributed by atoms with van der Waals surface area (Å²) in [6, 6.07) is 24.5. The molecule has 0 unspecified atom stereocenters. The number of carbonyl (C=O) groups excluding carboxylic acids is 1. The van der Waals surface area contributed by atoms with Crippen LogP contribution in [0.3, 0.4) is 0 Å². The summed E-state index contributed by atoms with van der Waals surface area (Å²) >= 11 is 5.27.